The number of rotatable bonds is 5. The lowest BCUT2D eigenvalue weighted by atomic mass is 10.2. The van der Waals surface area contributed by atoms with Crippen molar-refractivity contribution in [2.75, 3.05) is 0 Å². The van der Waals surface area contributed by atoms with Crippen LogP contribution in [0.5, 0.6) is 5.75 Å². The highest BCUT2D eigenvalue weighted by Crippen LogP contribution is 2.15. The van der Waals surface area contributed by atoms with Crippen molar-refractivity contribution in [2.45, 2.75) is 19.6 Å². The van der Waals surface area contributed by atoms with Crippen LogP contribution in [0.1, 0.15) is 12.0 Å². The normalized spacial score (nSPS) is 13.5. The topological polar surface area (TPSA) is 38.3 Å². The van der Waals surface area contributed by atoms with Gasteiger partial charge in [0.15, 0.2) is 0 Å². The van der Waals surface area contributed by atoms with E-state index in [2.05, 4.69) is 10.1 Å². The Hall–Kier alpha value is -2.17. The van der Waals surface area contributed by atoms with Gasteiger partial charge in [0.1, 0.15) is 5.75 Å². The number of alkyl halides is 2. The summed E-state index contributed by atoms with van der Waals surface area (Å²) in [7, 11) is 0. The standard InChI is InChI=1S/C14H13F2NO2/c15-14(16)19-12-7-5-10(6-8-12)9-17-13(18)11-3-1-2-4-11/h1-3,5-8,14H,4,9H2,(H,17,18). The predicted octanol–water partition coefficient (Wildman–Crippen LogP) is 2.79. The van der Waals surface area contributed by atoms with Crippen molar-refractivity contribution < 1.29 is 18.3 Å². The lowest BCUT2D eigenvalue weighted by Crippen LogP contribution is -2.23. The molecule has 0 heterocycles. The molecule has 0 aliphatic heterocycles. The molecular weight excluding hydrogens is 252 g/mol. The number of benzene rings is 1. The second-order valence-corrected chi connectivity index (χ2v) is 4.03. The minimum Gasteiger partial charge on any atom is -0.435 e. The SMILES string of the molecule is O=C(NCc1ccc(OC(F)F)cc1)C1=CC=CC1. The fourth-order valence-electron chi connectivity index (χ4n) is 1.70. The molecule has 0 fully saturated rings. The van der Waals surface area contributed by atoms with Gasteiger partial charge in [0, 0.05) is 12.1 Å². The Labute approximate surface area is 109 Å². The second-order valence-electron chi connectivity index (χ2n) is 4.03. The van der Waals surface area contributed by atoms with Crippen molar-refractivity contribution in [1.29, 1.82) is 0 Å². The zero-order valence-electron chi connectivity index (χ0n) is 10.1. The van der Waals surface area contributed by atoms with Crippen molar-refractivity contribution in [1.82, 2.24) is 5.32 Å². The molecule has 1 N–H and O–H groups in total. The van der Waals surface area contributed by atoms with Crippen LogP contribution in [0.15, 0.2) is 48.1 Å². The molecule has 0 spiro atoms. The van der Waals surface area contributed by atoms with Crippen LogP contribution in [0.25, 0.3) is 0 Å². The van der Waals surface area contributed by atoms with E-state index in [0.29, 0.717) is 13.0 Å². The van der Waals surface area contributed by atoms with Crippen LogP contribution >= 0.6 is 0 Å². The van der Waals surface area contributed by atoms with E-state index in [9.17, 15) is 13.6 Å². The lowest BCUT2D eigenvalue weighted by molar-refractivity contribution is -0.117. The van der Waals surface area contributed by atoms with Crippen molar-refractivity contribution in [3.8, 4) is 5.75 Å². The van der Waals surface area contributed by atoms with Gasteiger partial charge in [-0.25, -0.2) is 0 Å². The molecule has 19 heavy (non-hydrogen) atoms. The van der Waals surface area contributed by atoms with Gasteiger partial charge in [-0.1, -0.05) is 30.4 Å². The van der Waals surface area contributed by atoms with Gasteiger partial charge in [-0.05, 0) is 24.1 Å². The summed E-state index contributed by atoms with van der Waals surface area (Å²) in [5.74, 6) is -0.00863. The monoisotopic (exact) mass is 265 g/mol. The Morgan fingerprint density at radius 3 is 2.63 bits per heavy atom. The second kappa shape index (κ2) is 6.13. The molecule has 0 radical (unpaired) electrons. The van der Waals surface area contributed by atoms with Crippen molar-refractivity contribution in [3.63, 3.8) is 0 Å². The molecule has 1 amide bonds. The first-order valence-electron chi connectivity index (χ1n) is 5.83. The summed E-state index contributed by atoms with van der Waals surface area (Å²) >= 11 is 0. The average molecular weight is 265 g/mol. The van der Waals surface area contributed by atoms with Crippen LogP contribution in [0, 0.1) is 0 Å². The molecule has 0 bridgehead atoms. The van der Waals surface area contributed by atoms with Crippen LogP contribution in [0.4, 0.5) is 8.78 Å². The number of amides is 1. The summed E-state index contributed by atoms with van der Waals surface area (Å²) in [6.07, 6.45) is 6.17. The van der Waals surface area contributed by atoms with E-state index in [0.717, 1.165) is 11.1 Å². The van der Waals surface area contributed by atoms with Crippen molar-refractivity contribution >= 4 is 5.91 Å². The average Bonchev–Trinajstić information content (AvgIpc) is 2.91. The third-order valence-electron chi connectivity index (χ3n) is 2.66. The van der Waals surface area contributed by atoms with E-state index >= 15 is 0 Å². The highest BCUT2D eigenvalue weighted by atomic mass is 19.3. The van der Waals surface area contributed by atoms with Crippen LogP contribution in [-0.4, -0.2) is 12.5 Å². The summed E-state index contributed by atoms with van der Waals surface area (Å²) in [5.41, 5.74) is 1.54. The van der Waals surface area contributed by atoms with Gasteiger partial charge in [0.05, 0.1) is 0 Å². The van der Waals surface area contributed by atoms with Gasteiger partial charge in [0.25, 0.3) is 0 Å². The minimum absolute atomic E-state index is 0.104. The van der Waals surface area contributed by atoms with Gasteiger partial charge in [-0.15, -0.1) is 0 Å². The summed E-state index contributed by atoms with van der Waals surface area (Å²) in [6.45, 7) is -2.47. The van der Waals surface area contributed by atoms with E-state index in [4.69, 9.17) is 0 Å². The highest BCUT2D eigenvalue weighted by molar-refractivity contribution is 5.94. The molecule has 3 nitrogen and oxygen atoms in total. The number of halogens is 2. The number of ether oxygens (including phenoxy) is 1. The largest absolute Gasteiger partial charge is 0.435 e. The van der Waals surface area contributed by atoms with Crippen LogP contribution in [-0.2, 0) is 11.3 Å². The van der Waals surface area contributed by atoms with Crippen molar-refractivity contribution in [2.24, 2.45) is 0 Å². The number of carbonyl (C=O) groups excluding carboxylic acids is 1. The maximum atomic E-state index is 12.0. The Morgan fingerprint density at radius 1 is 1.32 bits per heavy atom. The highest BCUT2D eigenvalue weighted by Gasteiger charge is 2.09. The van der Waals surface area contributed by atoms with Gasteiger partial charge in [-0.3, -0.25) is 4.79 Å². The number of hydrogen-bond acceptors (Lipinski definition) is 2. The van der Waals surface area contributed by atoms with E-state index in [1.165, 1.54) is 12.1 Å². The Bertz CT molecular complexity index is 507. The van der Waals surface area contributed by atoms with E-state index in [1.807, 2.05) is 12.2 Å². The molecule has 1 aliphatic rings. The molecule has 1 aromatic rings. The molecule has 2 rings (SSSR count). The van der Waals surface area contributed by atoms with E-state index < -0.39 is 6.61 Å². The predicted molar refractivity (Wildman–Crippen MR) is 66.8 cm³/mol. The quantitative estimate of drug-likeness (QED) is 0.889. The maximum absolute atomic E-state index is 12.0. The van der Waals surface area contributed by atoms with Gasteiger partial charge in [0.2, 0.25) is 5.91 Å². The summed E-state index contributed by atoms with van der Waals surface area (Å²) in [5, 5.41) is 2.76. The zero-order chi connectivity index (χ0) is 13.7. The van der Waals surface area contributed by atoms with Gasteiger partial charge in [-0.2, -0.15) is 8.78 Å². The summed E-state index contributed by atoms with van der Waals surface area (Å²) in [4.78, 5) is 11.7. The van der Waals surface area contributed by atoms with Crippen LogP contribution in [0.2, 0.25) is 0 Å². The number of hydrogen-bond donors (Lipinski definition) is 1. The molecule has 0 saturated heterocycles. The van der Waals surface area contributed by atoms with Gasteiger partial charge >= 0.3 is 6.61 Å². The molecule has 5 heteroatoms. The number of carbonyl (C=O) groups is 1. The van der Waals surface area contributed by atoms with Gasteiger partial charge < -0.3 is 10.1 Å². The van der Waals surface area contributed by atoms with Crippen molar-refractivity contribution in [3.05, 3.63) is 53.6 Å². The first-order valence-corrected chi connectivity index (χ1v) is 5.83. The molecular formula is C14H13F2NO2. The van der Waals surface area contributed by atoms with Crippen LogP contribution in [0.3, 0.4) is 0 Å². The first kappa shape index (κ1) is 13.3. The minimum atomic E-state index is -2.83. The smallest absolute Gasteiger partial charge is 0.387 e. The number of nitrogens with one attached hydrogen (secondary N) is 1. The summed E-state index contributed by atoms with van der Waals surface area (Å²) in [6, 6.07) is 6.17. The Balaban J connectivity index is 1.84. The molecule has 1 aliphatic carbocycles. The molecule has 0 aromatic heterocycles. The molecule has 100 valence electrons. The molecule has 0 atom stereocenters. The summed E-state index contributed by atoms with van der Waals surface area (Å²) < 4.78 is 28.2. The molecule has 0 saturated carbocycles. The first-order chi connectivity index (χ1) is 9.15. The maximum Gasteiger partial charge on any atom is 0.387 e. The third kappa shape index (κ3) is 3.91. The zero-order valence-corrected chi connectivity index (χ0v) is 10.1. The van der Waals surface area contributed by atoms with E-state index in [1.54, 1.807) is 18.2 Å². The molecule has 1 aromatic carbocycles. The Kier molecular flexibility index (Phi) is 4.28. The third-order valence-corrected chi connectivity index (χ3v) is 2.66. The van der Waals surface area contributed by atoms with E-state index in [-0.39, 0.29) is 11.7 Å². The Morgan fingerprint density at radius 2 is 2.05 bits per heavy atom. The fourth-order valence-corrected chi connectivity index (χ4v) is 1.70. The lowest BCUT2D eigenvalue weighted by Gasteiger charge is -2.07. The number of allylic oxidation sites excluding steroid dienone is 3. The molecule has 0 unspecified atom stereocenters. The van der Waals surface area contributed by atoms with Crippen LogP contribution < -0.4 is 10.1 Å². The fraction of sp³-hybridized carbons (Fsp3) is 0.214.